The number of hydrogen-bond donors (Lipinski definition) is 4. The molecule has 0 aromatic rings. The molecule has 1 heterocycles. The van der Waals surface area contributed by atoms with Crippen molar-refractivity contribution in [3.8, 4) is 0 Å². The average molecular weight is 739 g/mol. The first-order valence-corrected chi connectivity index (χ1v) is 21.1. The molecule has 0 radical (unpaired) electrons. The summed E-state index contributed by atoms with van der Waals surface area (Å²) in [7, 11) is 4.29. The first-order chi connectivity index (χ1) is 23.7. The molecule has 1 aliphatic heterocycles. The van der Waals surface area contributed by atoms with E-state index in [0.29, 0.717) is 13.2 Å². The first-order valence-electron chi connectivity index (χ1n) is 21.1. The Kier molecular flexibility index (Phi) is 33.5. The molecule has 1 rings (SSSR count). The molecule has 6 atom stereocenters. The quantitative estimate of drug-likeness (QED) is 0.0507. The summed E-state index contributed by atoms with van der Waals surface area (Å²) in [6.07, 6.45) is 27.5. The van der Waals surface area contributed by atoms with Crippen LogP contribution in [0.15, 0.2) is 0 Å². The van der Waals surface area contributed by atoms with E-state index in [9.17, 15) is 20.4 Å². The molecule has 9 heteroatoms. The van der Waals surface area contributed by atoms with E-state index in [0.717, 1.165) is 30.3 Å². The van der Waals surface area contributed by atoms with Crippen LogP contribution in [0.5, 0.6) is 0 Å². The number of halogens is 1. The van der Waals surface area contributed by atoms with E-state index in [1.807, 2.05) is 0 Å². The average Bonchev–Trinajstić information content (AvgIpc) is 3.07. The SMILES string of the molecule is CCCCCCCCCCCCCCCCCCO[C@@H]1O[C@H](COCC(O)C[N+](C)(C)CCCCCCCCCCCC)[C@@H](O)[C@H](O)[C@H]1O.[Cl-]. The number of nitrogens with zero attached hydrogens (tertiary/aromatic N) is 1. The number of hydrogen-bond acceptors (Lipinski definition) is 7. The van der Waals surface area contributed by atoms with Crippen LogP contribution in [0.3, 0.4) is 0 Å². The van der Waals surface area contributed by atoms with E-state index in [2.05, 4.69) is 27.9 Å². The first kappa shape index (κ1) is 50.0. The summed E-state index contributed by atoms with van der Waals surface area (Å²) in [5.74, 6) is 0. The topological polar surface area (TPSA) is 109 Å². The lowest BCUT2D eigenvalue weighted by atomic mass is 9.99. The van der Waals surface area contributed by atoms with Crippen LogP contribution in [0.1, 0.15) is 181 Å². The maximum absolute atomic E-state index is 10.6. The van der Waals surface area contributed by atoms with Crippen molar-refractivity contribution < 1.29 is 51.5 Å². The summed E-state index contributed by atoms with van der Waals surface area (Å²) in [4.78, 5) is 0. The van der Waals surface area contributed by atoms with Crippen LogP contribution in [0.4, 0.5) is 0 Å². The Bertz CT molecular complexity index is 718. The molecule has 0 aliphatic carbocycles. The van der Waals surface area contributed by atoms with Gasteiger partial charge in [-0.25, -0.2) is 0 Å². The van der Waals surface area contributed by atoms with Crippen molar-refractivity contribution in [2.45, 2.75) is 218 Å². The Morgan fingerprint density at radius 2 is 0.960 bits per heavy atom. The zero-order chi connectivity index (χ0) is 36.0. The van der Waals surface area contributed by atoms with E-state index in [4.69, 9.17) is 14.2 Å². The second-order valence-corrected chi connectivity index (χ2v) is 15.9. The van der Waals surface area contributed by atoms with Crippen LogP contribution >= 0.6 is 0 Å². The van der Waals surface area contributed by atoms with E-state index in [1.54, 1.807) is 0 Å². The summed E-state index contributed by atoms with van der Waals surface area (Å²) < 4.78 is 18.1. The van der Waals surface area contributed by atoms with Crippen molar-refractivity contribution in [2.75, 3.05) is 47.0 Å². The van der Waals surface area contributed by atoms with Gasteiger partial charge in [-0.05, 0) is 19.3 Å². The van der Waals surface area contributed by atoms with Crippen molar-refractivity contribution in [3.63, 3.8) is 0 Å². The van der Waals surface area contributed by atoms with Gasteiger partial charge in [-0.1, -0.05) is 162 Å². The molecule has 0 aromatic heterocycles. The summed E-state index contributed by atoms with van der Waals surface area (Å²) in [6, 6.07) is 0. The van der Waals surface area contributed by atoms with Crippen LogP contribution in [0.25, 0.3) is 0 Å². The fourth-order valence-corrected chi connectivity index (χ4v) is 7.10. The van der Waals surface area contributed by atoms with Gasteiger partial charge in [-0.2, -0.15) is 0 Å². The number of quaternary nitrogens is 1. The molecule has 0 bridgehead atoms. The summed E-state index contributed by atoms with van der Waals surface area (Å²) in [6.45, 7) is 6.69. The van der Waals surface area contributed by atoms with Crippen molar-refractivity contribution in [1.82, 2.24) is 0 Å². The molecule has 1 fully saturated rings. The molecule has 8 nitrogen and oxygen atoms in total. The number of unbranched alkanes of at least 4 members (excludes halogenated alkanes) is 24. The van der Waals surface area contributed by atoms with Crippen molar-refractivity contribution in [3.05, 3.63) is 0 Å². The lowest BCUT2D eigenvalue weighted by Gasteiger charge is -2.40. The molecule has 302 valence electrons. The van der Waals surface area contributed by atoms with Gasteiger partial charge in [0.1, 0.15) is 37.1 Å². The van der Waals surface area contributed by atoms with Crippen LogP contribution in [-0.2, 0) is 14.2 Å². The van der Waals surface area contributed by atoms with Gasteiger partial charge in [0, 0.05) is 6.61 Å². The van der Waals surface area contributed by atoms with Crippen molar-refractivity contribution in [2.24, 2.45) is 0 Å². The highest BCUT2D eigenvalue weighted by Gasteiger charge is 2.44. The second kappa shape index (κ2) is 33.5. The predicted molar refractivity (Wildman–Crippen MR) is 203 cm³/mol. The molecule has 0 aromatic carbocycles. The molecule has 1 aliphatic rings. The van der Waals surface area contributed by atoms with Gasteiger partial charge in [0.2, 0.25) is 0 Å². The van der Waals surface area contributed by atoms with Gasteiger partial charge in [0.15, 0.2) is 6.29 Å². The molecule has 1 unspecified atom stereocenters. The van der Waals surface area contributed by atoms with Crippen LogP contribution in [-0.4, -0.2) is 109 Å². The summed E-state index contributed by atoms with van der Waals surface area (Å²) in [5, 5.41) is 42.0. The maximum atomic E-state index is 10.6. The fraction of sp³-hybridized carbons (Fsp3) is 1.00. The Hall–Kier alpha value is -0.0300. The van der Waals surface area contributed by atoms with Crippen molar-refractivity contribution >= 4 is 0 Å². The summed E-state index contributed by atoms with van der Waals surface area (Å²) in [5.41, 5.74) is 0. The van der Waals surface area contributed by atoms with Crippen molar-refractivity contribution in [1.29, 1.82) is 0 Å². The van der Waals surface area contributed by atoms with E-state index < -0.39 is 36.8 Å². The Morgan fingerprint density at radius 1 is 0.560 bits per heavy atom. The zero-order valence-electron chi connectivity index (χ0n) is 33.2. The third-order valence-corrected chi connectivity index (χ3v) is 10.4. The number of rotatable bonds is 35. The number of likely N-dealkylation sites (N-methyl/N-ethyl adjacent to an activating group) is 1. The van der Waals surface area contributed by atoms with Crippen LogP contribution in [0.2, 0.25) is 0 Å². The minimum atomic E-state index is -1.38. The van der Waals surface area contributed by atoms with Gasteiger partial charge in [-0.3, -0.25) is 0 Å². The van der Waals surface area contributed by atoms with E-state index in [-0.39, 0.29) is 25.6 Å². The zero-order valence-corrected chi connectivity index (χ0v) is 34.0. The number of ether oxygens (including phenoxy) is 3. The molecule has 0 saturated carbocycles. The normalized spacial score (nSPS) is 21.7. The Balaban J connectivity index is 0.0000240. The fourth-order valence-electron chi connectivity index (χ4n) is 7.10. The highest BCUT2D eigenvalue weighted by Crippen LogP contribution is 2.23. The summed E-state index contributed by atoms with van der Waals surface area (Å²) >= 11 is 0. The molecular weight excluding hydrogens is 654 g/mol. The maximum Gasteiger partial charge on any atom is 0.186 e. The van der Waals surface area contributed by atoms with Gasteiger partial charge < -0.3 is 51.5 Å². The van der Waals surface area contributed by atoms with Crippen LogP contribution < -0.4 is 12.4 Å². The van der Waals surface area contributed by atoms with E-state index in [1.165, 1.54) is 148 Å². The minimum Gasteiger partial charge on any atom is -1.00 e. The molecule has 50 heavy (non-hydrogen) atoms. The molecular formula is C41H84ClNO7. The highest BCUT2D eigenvalue weighted by atomic mass is 35.5. The monoisotopic (exact) mass is 738 g/mol. The number of aliphatic hydroxyl groups excluding tert-OH is 4. The largest absolute Gasteiger partial charge is 1.00 e. The Labute approximate surface area is 315 Å². The standard InChI is InChI=1S/C41H84NO7.ClH/c1-5-7-9-11-13-15-17-18-19-20-21-22-24-26-28-30-32-48-41-40(46)39(45)38(44)37(49-41)35-47-34-36(43)33-42(3,4)31-29-27-25-23-16-14-12-10-8-6-2;/h36-41,43-46H,5-35H2,1-4H3;1H/q+1;/p-1/t36?,37-,38-,39+,40-,41-;/m1./s1. The highest BCUT2D eigenvalue weighted by molar-refractivity contribution is 4.89. The van der Waals surface area contributed by atoms with Gasteiger partial charge in [0.25, 0.3) is 0 Å². The molecule has 0 amide bonds. The van der Waals surface area contributed by atoms with Crippen LogP contribution in [0, 0.1) is 0 Å². The third-order valence-electron chi connectivity index (χ3n) is 10.4. The lowest BCUT2D eigenvalue weighted by Crippen LogP contribution is -3.00. The van der Waals surface area contributed by atoms with Gasteiger partial charge in [0.05, 0.1) is 33.9 Å². The predicted octanol–water partition coefficient (Wildman–Crippen LogP) is 5.45. The smallest absolute Gasteiger partial charge is 0.186 e. The molecule has 4 N–H and O–H groups in total. The minimum absolute atomic E-state index is 0. The lowest BCUT2D eigenvalue weighted by molar-refractivity contribution is -0.893. The van der Waals surface area contributed by atoms with E-state index >= 15 is 0 Å². The third kappa shape index (κ3) is 26.7. The van der Waals surface area contributed by atoms with Gasteiger partial charge >= 0.3 is 0 Å². The Morgan fingerprint density at radius 3 is 1.40 bits per heavy atom. The number of aliphatic hydroxyl groups is 4. The molecule has 0 spiro atoms. The molecule has 1 saturated heterocycles. The van der Waals surface area contributed by atoms with Gasteiger partial charge in [-0.15, -0.1) is 0 Å². The second-order valence-electron chi connectivity index (χ2n) is 15.9.